The average molecular weight is 337 g/mol. The number of carbonyl (C=O) groups excluding carboxylic acids is 1. The minimum absolute atomic E-state index is 0.0879. The summed E-state index contributed by atoms with van der Waals surface area (Å²) in [6.45, 7) is 0. The first-order valence-electron chi connectivity index (χ1n) is 6.32. The number of fused-ring (bicyclic) bond motifs is 1. The van der Waals surface area contributed by atoms with Crippen LogP contribution in [-0.2, 0) is 6.42 Å². The van der Waals surface area contributed by atoms with Gasteiger partial charge in [-0.3, -0.25) is 4.79 Å². The zero-order valence-corrected chi connectivity index (χ0v) is 12.1. The van der Waals surface area contributed by atoms with Crippen LogP contribution in [0.25, 0.3) is 0 Å². The highest BCUT2D eigenvalue weighted by Crippen LogP contribution is 2.38. The molecule has 102 valence electrons. The van der Waals surface area contributed by atoms with E-state index in [1.54, 1.807) is 0 Å². The number of benzene rings is 2. The van der Waals surface area contributed by atoms with E-state index < -0.39 is 11.6 Å². The number of hydrogen-bond acceptors (Lipinski definition) is 1. The van der Waals surface area contributed by atoms with Gasteiger partial charge in [0.1, 0.15) is 0 Å². The summed E-state index contributed by atoms with van der Waals surface area (Å²) in [7, 11) is 0. The summed E-state index contributed by atoms with van der Waals surface area (Å²) in [4.78, 5) is 12.2. The molecule has 2 aromatic rings. The molecule has 0 heterocycles. The molecule has 4 heteroatoms. The van der Waals surface area contributed by atoms with Crippen LogP contribution >= 0.6 is 15.9 Å². The van der Waals surface area contributed by atoms with Crippen molar-refractivity contribution in [1.82, 2.24) is 0 Å². The highest BCUT2D eigenvalue weighted by molar-refractivity contribution is 9.10. The molecule has 0 bridgehead atoms. The maximum absolute atomic E-state index is 13.4. The second-order valence-corrected chi connectivity index (χ2v) is 5.74. The fourth-order valence-corrected chi connectivity index (χ4v) is 3.16. The molecule has 0 amide bonds. The first-order chi connectivity index (χ1) is 9.58. The molecule has 0 radical (unpaired) electrons. The molecule has 0 aliphatic heterocycles. The molecule has 1 nitrogen and oxygen atoms in total. The molecule has 1 aliphatic rings. The second kappa shape index (κ2) is 5.09. The lowest BCUT2D eigenvalue weighted by molar-refractivity contribution is 0.0969. The van der Waals surface area contributed by atoms with Crippen LogP contribution in [0.2, 0.25) is 0 Å². The molecule has 0 saturated carbocycles. The summed E-state index contributed by atoms with van der Waals surface area (Å²) >= 11 is 2.96. The summed E-state index contributed by atoms with van der Waals surface area (Å²) in [5.41, 5.74) is 2.64. The van der Waals surface area contributed by atoms with Crippen molar-refractivity contribution < 1.29 is 13.6 Å². The van der Waals surface area contributed by atoms with Gasteiger partial charge in [-0.25, -0.2) is 8.78 Å². The molecule has 0 aromatic heterocycles. The van der Waals surface area contributed by atoms with Crippen LogP contribution in [0.3, 0.4) is 0 Å². The molecule has 0 fully saturated rings. The van der Waals surface area contributed by atoms with Crippen molar-refractivity contribution >= 4 is 21.7 Å². The van der Waals surface area contributed by atoms with Crippen molar-refractivity contribution in [3.8, 4) is 0 Å². The molecule has 0 saturated heterocycles. The van der Waals surface area contributed by atoms with Crippen molar-refractivity contribution in [2.24, 2.45) is 0 Å². The monoisotopic (exact) mass is 336 g/mol. The topological polar surface area (TPSA) is 17.1 Å². The summed E-state index contributed by atoms with van der Waals surface area (Å²) in [6, 6.07) is 10.3. The predicted molar refractivity (Wildman–Crippen MR) is 75.9 cm³/mol. The lowest BCUT2D eigenvalue weighted by atomic mass is 9.74. The van der Waals surface area contributed by atoms with E-state index in [0.29, 0.717) is 6.42 Å². The lowest BCUT2D eigenvalue weighted by Gasteiger charge is -2.29. The molecule has 0 N–H and O–H groups in total. The number of hydrogen-bond donors (Lipinski definition) is 0. The Hall–Kier alpha value is -1.55. The Morgan fingerprint density at radius 1 is 1.20 bits per heavy atom. The van der Waals surface area contributed by atoms with Crippen molar-refractivity contribution in [2.45, 2.75) is 18.8 Å². The number of ketones is 1. The minimum atomic E-state index is -1.01. The Kier molecular flexibility index (Phi) is 3.42. The third-order valence-corrected chi connectivity index (χ3v) is 4.50. The van der Waals surface area contributed by atoms with E-state index in [0.717, 1.165) is 12.5 Å². The van der Waals surface area contributed by atoms with Crippen LogP contribution in [0, 0.1) is 11.6 Å². The molecule has 1 atom stereocenters. The third-order valence-electron chi connectivity index (χ3n) is 3.73. The Labute approximate surface area is 123 Å². The van der Waals surface area contributed by atoms with Gasteiger partial charge in [-0.1, -0.05) is 24.3 Å². The summed E-state index contributed by atoms with van der Waals surface area (Å²) in [5.74, 6) is -1.96. The largest absolute Gasteiger partial charge is 0.294 e. The van der Waals surface area contributed by atoms with E-state index >= 15 is 0 Å². The molecular formula is C16H11BrF2O. The Bertz CT molecular complexity index is 697. The molecule has 1 aliphatic carbocycles. The van der Waals surface area contributed by atoms with Gasteiger partial charge >= 0.3 is 0 Å². The fourth-order valence-electron chi connectivity index (χ4n) is 2.62. The van der Waals surface area contributed by atoms with Gasteiger partial charge < -0.3 is 0 Å². The molecule has 20 heavy (non-hydrogen) atoms. The van der Waals surface area contributed by atoms with Gasteiger partial charge in [-0.2, -0.15) is 0 Å². The van der Waals surface area contributed by atoms with Crippen molar-refractivity contribution in [1.29, 1.82) is 0 Å². The fraction of sp³-hybridized carbons (Fsp3) is 0.188. The van der Waals surface area contributed by atoms with Gasteiger partial charge in [0.15, 0.2) is 17.4 Å². The van der Waals surface area contributed by atoms with E-state index in [4.69, 9.17) is 0 Å². The summed E-state index contributed by atoms with van der Waals surface area (Å²) in [6.07, 6.45) is 1.18. The van der Waals surface area contributed by atoms with Crippen LogP contribution < -0.4 is 0 Å². The van der Waals surface area contributed by atoms with Gasteiger partial charge in [-0.15, -0.1) is 0 Å². The Balaban J connectivity index is 1.81. The SMILES string of the molecule is O=C(CC1Cc2ccccc21)c1ccc(F)c(F)c1Br. The number of rotatable bonds is 3. The quantitative estimate of drug-likeness (QED) is 0.589. The Morgan fingerprint density at radius 3 is 2.70 bits per heavy atom. The minimum Gasteiger partial charge on any atom is -0.294 e. The first kappa shape index (κ1) is 13.4. The first-order valence-corrected chi connectivity index (χ1v) is 7.11. The average Bonchev–Trinajstić information content (AvgIpc) is 2.42. The van der Waals surface area contributed by atoms with Gasteiger partial charge in [0.05, 0.1) is 4.47 Å². The van der Waals surface area contributed by atoms with E-state index in [9.17, 15) is 13.6 Å². The Morgan fingerprint density at radius 2 is 1.95 bits per heavy atom. The molecule has 2 aromatic carbocycles. The van der Waals surface area contributed by atoms with E-state index in [1.165, 1.54) is 17.2 Å². The number of Topliss-reactive ketones (excluding diaryl/α,β-unsaturated/α-hetero) is 1. The van der Waals surface area contributed by atoms with Crippen molar-refractivity contribution in [2.75, 3.05) is 0 Å². The van der Waals surface area contributed by atoms with Crippen LogP contribution in [0.4, 0.5) is 8.78 Å². The maximum Gasteiger partial charge on any atom is 0.173 e. The van der Waals surface area contributed by atoms with Crippen molar-refractivity contribution in [3.05, 3.63) is 69.2 Å². The van der Waals surface area contributed by atoms with Crippen LogP contribution in [0.1, 0.15) is 33.8 Å². The van der Waals surface area contributed by atoms with Crippen LogP contribution in [0.15, 0.2) is 40.9 Å². The van der Waals surface area contributed by atoms with Gasteiger partial charge in [0, 0.05) is 12.0 Å². The van der Waals surface area contributed by atoms with E-state index in [-0.39, 0.29) is 21.7 Å². The smallest absolute Gasteiger partial charge is 0.173 e. The zero-order chi connectivity index (χ0) is 14.3. The van der Waals surface area contributed by atoms with Gasteiger partial charge in [-0.05, 0) is 51.5 Å². The van der Waals surface area contributed by atoms with Crippen LogP contribution in [0.5, 0.6) is 0 Å². The lowest BCUT2D eigenvalue weighted by Crippen LogP contribution is -2.20. The predicted octanol–water partition coefficient (Wildman–Crippen LogP) is 4.64. The standard InChI is InChI=1S/C16H11BrF2O/c17-15-12(5-6-13(18)16(15)19)14(20)8-10-7-9-3-1-2-4-11(9)10/h1-6,10H,7-8H2. The van der Waals surface area contributed by atoms with Crippen molar-refractivity contribution in [3.63, 3.8) is 0 Å². The number of carbonyl (C=O) groups is 1. The molecule has 3 rings (SSSR count). The summed E-state index contributed by atoms with van der Waals surface area (Å²) in [5, 5.41) is 0. The highest BCUT2D eigenvalue weighted by atomic mass is 79.9. The van der Waals surface area contributed by atoms with Gasteiger partial charge in [0.2, 0.25) is 0 Å². The second-order valence-electron chi connectivity index (χ2n) is 4.95. The van der Waals surface area contributed by atoms with E-state index in [2.05, 4.69) is 15.9 Å². The van der Waals surface area contributed by atoms with Gasteiger partial charge in [0.25, 0.3) is 0 Å². The molecular weight excluding hydrogens is 326 g/mol. The summed E-state index contributed by atoms with van der Waals surface area (Å²) < 4.78 is 26.4. The molecule has 0 spiro atoms. The third kappa shape index (κ3) is 2.18. The normalized spacial score (nSPS) is 16.4. The highest BCUT2D eigenvalue weighted by Gasteiger charge is 2.28. The number of halogens is 3. The van der Waals surface area contributed by atoms with Crippen LogP contribution in [-0.4, -0.2) is 5.78 Å². The van der Waals surface area contributed by atoms with E-state index in [1.807, 2.05) is 24.3 Å². The molecule has 1 unspecified atom stereocenters. The maximum atomic E-state index is 13.4. The zero-order valence-electron chi connectivity index (χ0n) is 10.5.